The van der Waals surface area contributed by atoms with Gasteiger partial charge in [0.25, 0.3) is 5.91 Å². The second-order valence-electron chi connectivity index (χ2n) is 9.37. The van der Waals surface area contributed by atoms with Crippen molar-refractivity contribution in [1.29, 1.82) is 0 Å². The van der Waals surface area contributed by atoms with Crippen molar-refractivity contribution in [2.75, 3.05) is 23.9 Å². The number of rotatable bonds is 6. The minimum atomic E-state index is -0.412. The summed E-state index contributed by atoms with van der Waals surface area (Å²) >= 11 is 0. The SMILES string of the molecule is COc1cccc(-c2cccc(CN[C@@H]3CC[C@@H]4[C@@H](C3)OC(=O)N4c3ccc4c(n3)NC(=O)CO4)c2)n1. The summed E-state index contributed by atoms with van der Waals surface area (Å²) in [6, 6.07) is 17.6. The Morgan fingerprint density at radius 2 is 2.00 bits per heavy atom. The maximum Gasteiger partial charge on any atom is 0.416 e. The van der Waals surface area contributed by atoms with Crippen LogP contribution in [-0.4, -0.2) is 53.9 Å². The summed E-state index contributed by atoms with van der Waals surface area (Å²) in [7, 11) is 1.61. The van der Waals surface area contributed by atoms with Crippen LogP contribution in [0.4, 0.5) is 16.4 Å². The highest BCUT2D eigenvalue weighted by atomic mass is 16.6. The summed E-state index contributed by atoms with van der Waals surface area (Å²) in [5.74, 6) is 1.59. The fourth-order valence-corrected chi connectivity index (χ4v) is 5.19. The molecule has 2 aromatic heterocycles. The number of fused-ring (bicyclic) bond motifs is 2. The largest absolute Gasteiger partial charge is 0.481 e. The number of nitrogens with zero attached hydrogens (tertiary/aromatic N) is 3. The van der Waals surface area contributed by atoms with Gasteiger partial charge in [-0.15, -0.1) is 0 Å². The lowest BCUT2D eigenvalue weighted by atomic mass is 9.88. The molecule has 2 N–H and O–H groups in total. The van der Waals surface area contributed by atoms with E-state index in [4.69, 9.17) is 14.2 Å². The zero-order chi connectivity index (χ0) is 25.4. The molecule has 6 rings (SSSR count). The van der Waals surface area contributed by atoms with Crippen molar-refractivity contribution in [2.45, 2.75) is 44.0 Å². The molecule has 10 nitrogen and oxygen atoms in total. The first-order valence-corrected chi connectivity index (χ1v) is 12.3. The number of ether oxygens (including phenoxy) is 3. The van der Waals surface area contributed by atoms with Gasteiger partial charge >= 0.3 is 6.09 Å². The van der Waals surface area contributed by atoms with Crippen LogP contribution in [0, 0.1) is 0 Å². The maximum atomic E-state index is 12.8. The van der Waals surface area contributed by atoms with Crippen LogP contribution >= 0.6 is 0 Å². The number of anilines is 2. The van der Waals surface area contributed by atoms with Gasteiger partial charge in [-0.25, -0.2) is 14.8 Å². The van der Waals surface area contributed by atoms with Crippen molar-refractivity contribution >= 4 is 23.6 Å². The molecule has 1 saturated heterocycles. The molecule has 1 saturated carbocycles. The predicted octanol–water partition coefficient (Wildman–Crippen LogP) is 3.52. The number of aromatic nitrogens is 2. The van der Waals surface area contributed by atoms with Crippen LogP contribution in [0.5, 0.6) is 11.6 Å². The highest BCUT2D eigenvalue weighted by Crippen LogP contribution is 2.37. The third kappa shape index (κ3) is 4.67. The van der Waals surface area contributed by atoms with Crippen LogP contribution in [0.1, 0.15) is 24.8 Å². The van der Waals surface area contributed by atoms with Gasteiger partial charge in [0, 0.05) is 30.6 Å². The number of nitrogens with one attached hydrogen (secondary N) is 2. The van der Waals surface area contributed by atoms with E-state index in [0.717, 1.165) is 36.1 Å². The lowest BCUT2D eigenvalue weighted by Gasteiger charge is -2.33. The Labute approximate surface area is 214 Å². The molecule has 2 aliphatic heterocycles. The van der Waals surface area contributed by atoms with Crippen LogP contribution in [0.3, 0.4) is 0 Å². The molecule has 10 heteroatoms. The number of carbonyl (C=O) groups is 2. The summed E-state index contributed by atoms with van der Waals surface area (Å²) in [4.78, 5) is 35.1. The number of pyridine rings is 2. The van der Waals surface area contributed by atoms with Gasteiger partial charge in [0.15, 0.2) is 18.2 Å². The number of carbonyl (C=O) groups excluding carboxylic acids is 2. The van der Waals surface area contributed by atoms with Gasteiger partial charge in [-0.1, -0.05) is 24.3 Å². The van der Waals surface area contributed by atoms with Gasteiger partial charge in [0.05, 0.1) is 18.8 Å². The van der Waals surface area contributed by atoms with Crippen molar-refractivity contribution in [1.82, 2.24) is 15.3 Å². The molecule has 190 valence electrons. The standard InChI is InChI=1S/C27H27N5O5/c1-35-25-7-3-6-19(29-25)17-5-2-4-16(12-17)14-28-18-8-9-20-22(13-18)37-27(34)32(20)23-11-10-21-26(30-23)31-24(33)15-36-21/h2-7,10-12,18,20,22,28H,8-9,13-15H2,1H3,(H,30,31,33)/t18-,20-,22-/m1/s1. The second-order valence-corrected chi connectivity index (χ2v) is 9.37. The quantitative estimate of drug-likeness (QED) is 0.527. The van der Waals surface area contributed by atoms with Crippen molar-refractivity contribution in [2.24, 2.45) is 0 Å². The van der Waals surface area contributed by atoms with E-state index in [0.29, 0.717) is 29.8 Å². The summed E-state index contributed by atoms with van der Waals surface area (Å²) in [5, 5.41) is 6.33. The van der Waals surface area contributed by atoms with E-state index < -0.39 is 6.09 Å². The Bertz CT molecular complexity index is 1350. The Morgan fingerprint density at radius 1 is 1.11 bits per heavy atom. The van der Waals surface area contributed by atoms with Crippen molar-refractivity contribution in [3.05, 3.63) is 60.2 Å². The van der Waals surface area contributed by atoms with Crippen LogP contribution < -0.4 is 25.0 Å². The Kier molecular flexibility index (Phi) is 6.09. The smallest absolute Gasteiger partial charge is 0.416 e. The second kappa shape index (κ2) is 9.70. The van der Waals surface area contributed by atoms with Crippen LogP contribution in [0.25, 0.3) is 11.3 Å². The van der Waals surface area contributed by atoms with E-state index in [-0.39, 0.29) is 30.7 Å². The first-order chi connectivity index (χ1) is 18.1. The topological polar surface area (TPSA) is 115 Å². The highest BCUT2D eigenvalue weighted by molar-refractivity contribution is 5.95. The van der Waals surface area contributed by atoms with Crippen LogP contribution in [0.15, 0.2) is 54.6 Å². The zero-order valence-electron chi connectivity index (χ0n) is 20.3. The van der Waals surface area contributed by atoms with Crippen molar-refractivity contribution in [3.63, 3.8) is 0 Å². The summed E-state index contributed by atoms with van der Waals surface area (Å²) in [5.41, 5.74) is 3.04. The summed E-state index contributed by atoms with van der Waals surface area (Å²) in [6.07, 6.45) is 1.76. The van der Waals surface area contributed by atoms with E-state index in [1.165, 1.54) is 0 Å². The number of hydrogen-bond acceptors (Lipinski definition) is 8. The van der Waals surface area contributed by atoms with E-state index >= 15 is 0 Å². The van der Waals surface area contributed by atoms with Gasteiger partial charge in [0.2, 0.25) is 5.88 Å². The van der Waals surface area contributed by atoms with Crippen molar-refractivity contribution < 1.29 is 23.8 Å². The molecule has 2 amide bonds. The molecule has 0 spiro atoms. The predicted molar refractivity (Wildman–Crippen MR) is 136 cm³/mol. The number of benzene rings is 1. The molecule has 2 fully saturated rings. The van der Waals surface area contributed by atoms with E-state index in [1.807, 2.05) is 30.3 Å². The monoisotopic (exact) mass is 501 g/mol. The Hall–Kier alpha value is -4.18. The highest BCUT2D eigenvalue weighted by Gasteiger charge is 2.46. The fourth-order valence-electron chi connectivity index (χ4n) is 5.19. The lowest BCUT2D eigenvalue weighted by Crippen LogP contribution is -2.46. The fraction of sp³-hybridized carbons (Fsp3) is 0.333. The molecule has 3 aromatic rings. The molecule has 1 aliphatic carbocycles. The molecular formula is C27H27N5O5. The molecule has 3 aliphatic rings. The zero-order valence-corrected chi connectivity index (χ0v) is 20.3. The number of hydrogen-bond donors (Lipinski definition) is 2. The third-order valence-electron chi connectivity index (χ3n) is 6.99. The molecule has 0 radical (unpaired) electrons. The molecule has 3 atom stereocenters. The number of amides is 2. The lowest BCUT2D eigenvalue weighted by molar-refractivity contribution is -0.118. The van der Waals surface area contributed by atoms with E-state index in [9.17, 15) is 9.59 Å². The average Bonchev–Trinajstić information content (AvgIpc) is 3.26. The van der Waals surface area contributed by atoms with Gasteiger partial charge in [-0.2, -0.15) is 0 Å². The Balaban J connectivity index is 1.10. The molecular weight excluding hydrogens is 474 g/mol. The normalized spacial score (nSPS) is 22.4. The van der Waals surface area contributed by atoms with E-state index in [1.54, 1.807) is 24.1 Å². The van der Waals surface area contributed by atoms with Crippen molar-refractivity contribution in [3.8, 4) is 22.9 Å². The first kappa shape index (κ1) is 23.2. The van der Waals surface area contributed by atoms with E-state index in [2.05, 4.69) is 32.7 Å². The maximum absolute atomic E-state index is 12.8. The average molecular weight is 502 g/mol. The minimum Gasteiger partial charge on any atom is -0.481 e. The molecule has 0 bridgehead atoms. The summed E-state index contributed by atoms with van der Waals surface area (Å²) < 4.78 is 16.4. The molecule has 1 aromatic carbocycles. The minimum absolute atomic E-state index is 0.0406. The van der Waals surface area contributed by atoms with Gasteiger partial charge in [-0.05, 0) is 42.7 Å². The number of methoxy groups -OCH3 is 1. The summed E-state index contributed by atoms with van der Waals surface area (Å²) in [6.45, 7) is 0.657. The Morgan fingerprint density at radius 3 is 2.89 bits per heavy atom. The van der Waals surface area contributed by atoms with Gasteiger partial charge < -0.3 is 24.8 Å². The molecule has 4 heterocycles. The van der Waals surface area contributed by atoms with Gasteiger partial charge in [0.1, 0.15) is 11.9 Å². The molecule has 0 unspecified atom stereocenters. The van der Waals surface area contributed by atoms with Crippen LogP contribution in [-0.2, 0) is 16.1 Å². The molecule has 37 heavy (non-hydrogen) atoms. The third-order valence-corrected chi connectivity index (χ3v) is 6.99. The van der Waals surface area contributed by atoms with Gasteiger partial charge in [-0.3, -0.25) is 9.69 Å². The van der Waals surface area contributed by atoms with Crippen LogP contribution in [0.2, 0.25) is 0 Å². The first-order valence-electron chi connectivity index (χ1n) is 12.3.